The summed E-state index contributed by atoms with van der Waals surface area (Å²) < 4.78 is 40.6. The fraction of sp³-hybridized carbons (Fsp3) is 0.529. The molecule has 1 unspecified atom stereocenters. The second kappa shape index (κ2) is 6.96. The number of aromatic nitrogens is 5. The molecule has 0 N–H and O–H groups in total. The van der Waals surface area contributed by atoms with Crippen LogP contribution in [0.15, 0.2) is 11.6 Å². The molecule has 0 radical (unpaired) electrons. The average molecular weight is 411 g/mol. The first-order valence-corrected chi connectivity index (χ1v) is 9.83. The maximum absolute atomic E-state index is 13.2. The molecule has 0 aromatic carbocycles. The van der Waals surface area contributed by atoms with Crippen molar-refractivity contribution in [2.45, 2.75) is 33.0 Å². The summed E-state index contributed by atoms with van der Waals surface area (Å²) in [6.45, 7) is 8.67. The van der Waals surface area contributed by atoms with E-state index in [0.717, 1.165) is 28.2 Å². The Morgan fingerprint density at radius 1 is 1.07 bits per heavy atom. The Hall–Kier alpha value is -2.27. The number of aryl methyl sites for hydroxylation is 1. The number of alkyl halides is 3. The molecule has 1 saturated heterocycles. The highest BCUT2D eigenvalue weighted by atomic mass is 32.1. The number of anilines is 1. The second-order valence-electron chi connectivity index (χ2n) is 6.90. The van der Waals surface area contributed by atoms with Crippen molar-refractivity contribution in [3.05, 3.63) is 33.5 Å². The molecule has 150 valence electrons. The van der Waals surface area contributed by atoms with Gasteiger partial charge in [0.25, 0.3) is 5.82 Å². The zero-order valence-electron chi connectivity index (χ0n) is 15.7. The van der Waals surface area contributed by atoms with Crippen LogP contribution >= 0.6 is 11.3 Å². The normalized spacial score (nSPS) is 17.4. The van der Waals surface area contributed by atoms with Crippen molar-refractivity contribution in [3.63, 3.8) is 0 Å². The number of hydrogen-bond acceptors (Lipinski definition) is 7. The highest BCUT2D eigenvalue weighted by molar-refractivity contribution is 7.09. The van der Waals surface area contributed by atoms with Crippen LogP contribution < -0.4 is 4.90 Å². The van der Waals surface area contributed by atoms with Crippen LogP contribution in [0.1, 0.15) is 34.9 Å². The van der Waals surface area contributed by atoms with Gasteiger partial charge in [-0.2, -0.15) is 17.7 Å². The predicted octanol–water partition coefficient (Wildman–Crippen LogP) is 3.10. The van der Waals surface area contributed by atoms with Crippen LogP contribution in [0.5, 0.6) is 0 Å². The first-order chi connectivity index (χ1) is 13.3. The first-order valence-electron chi connectivity index (χ1n) is 8.95. The van der Waals surface area contributed by atoms with Crippen LogP contribution in [0.2, 0.25) is 0 Å². The lowest BCUT2D eigenvalue weighted by atomic mass is 10.1. The van der Waals surface area contributed by atoms with Crippen molar-refractivity contribution in [2.75, 3.05) is 31.1 Å². The van der Waals surface area contributed by atoms with Crippen molar-refractivity contribution in [2.24, 2.45) is 0 Å². The molecule has 0 amide bonds. The summed E-state index contributed by atoms with van der Waals surface area (Å²) in [4.78, 5) is 8.75. The third kappa shape index (κ3) is 3.22. The summed E-state index contributed by atoms with van der Waals surface area (Å²) in [5.74, 6) is -0.542. The molecule has 4 rings (SSSR count). The van der Waals surface area contributed by atoms with E-state index < -0.39 is 12.0 Å². The second-order valence-corrected chi connectivity index (χ2v) is 7.83. The van der Waals surface area contributed by atoms with Gasteiger partial charge in [-0.25, -0.2) is 4.98 Å². The Morgan fingerprint density at radius 2 is 1.79 bits per heavy atom. The summed E-state index contributed by atoms with van der Waals surface area (Å²) in [6.07, 6.45) is -2.80. The lowest BCUT2D eigenvalue weighted by Gasteiger charge is -2.38. The van der Waals surface area contributed by atoms with Crippen molar-refractivity contribution >= 4 is 22.8 Å². The third-order valence-corrected chi connectivity index (χ3v) is 6.24. The highest BCUT2D eigenvalue weighted by Crippen LogP contribution is 2.31. The Balaban J connectivity index is 1.60. The molecule has 3 aromatic rings. The molecule has 0 spiro atoms. The van der Waals surface area contributed by atoms with Gasteiger partial charge in [0.1, 0.15) is 5.01 Å². The summed E-state index contributed by atoms with van der Waals surface area (Å²) in [6, 6.07) is 0.218. The fourth-order valence-corrected chi connectivity index (χ4v) is 4.24. The molecular formula is C17H20F3N7S. The molecule has 0 saturated carbocycles. The Labute approximate surface area is 163 Å². The van der Waals surface area contributed by atoms with Crippen molar-refractivity contribution in [1.29, 1.82) is 0 Å². The van der Waals surface area contributed by atoms with Crippen LogP contribution in [0.25, 0.3) is 5.65 Å². The average Bonchev–Trinajstić information content (AvgIpc) is 3.33. The topological polar surface area (TPSA) is 62.5 Å². The quantitative estimate of drug-likeness (QED) is 0.660. The smallest absolute Gasteiger partial charge is 0.352 e. The number of hydrogen-bond donors (Lipinski definition) is 0. The Morgan fingerprint density at radius 3 is 2.39 bits per heavy atom. The van der Waals surface area contributed by atoms with Gasteiger partial charge in [-0.3, -0.25) is 4.90 Å². The molecule has 3 aromatic heterocycles. The Bertz CT molecular complexity index is 975. The molecule has 1 aliphatic heterocycles. The van der Waals surface area contributed by atoms with Crippen LogP contribution in [0.4, 0.5) is 19.0 Å². The minimum absolute atomic E-state index is 0.143. The number of nitrogens with zero attached hydrogens (tertiary/aromatic N) is 7. The highest BCUT2D eigenvalue weighted by Gasteiger charge is 2.38. The van der Waals surface area contributed by atoms with E-state index in [2.05, 4.69) is 32.1 Å². The zero-order valence-corrected chi connectivity index (χ0v) is 16.5. The molecule has 28 heavy (non-hydrogen) atoms. The molecule has 7 nitrogen and oxygen atoms in total. The van der Waals surface area contributed by atoms with Crippen molar-refractivity contribution in [1.82, 2.24) is 29.7 Å². The molecule has 4 heterocycles. The van der Waals surface area contributed by atoms with Crippen LogP contribution in [0.3, 0.4) is 0 Å². The maximum Gasteiger partial charge on any atom is 0.453 e. The van der Waals surface area contributed by atoms with Crippen LogP contribution in [-0.2, 0) is 6.18 Å². The number of halogens is 3. The van der Waals surface area contributed by atoms with E-state index >= 15 is 0 Å². The van der Waals surface area contributed by atoms with E-state index in [9.17, 15) is 13.2 Å². The number of piperazine rings is 1. The van der Waals surface area contributed by atoms with Gasteiger partial charge in [0.15, 0.2) is 11.5 Å². The van der Waals surface area contributed by atoms with E-state index in [4.69, 9.17) is 0 Å². The first kappa shape index (κ1) is 19.1. The monoisotopic (exact) mass is 411 g/mol. The fourth-order valence-electron chi connectivity index (χ4n) is 3.51. The van der Waals surface area contributed by atoms with Crippen LogP contribution in [-0.4, -0.2) is 55.9 Å². The van der Waals surface area contributed by atoms with Crippen LogP contribution in [0, 0.1) is 13.8 Å². The van der Waals surface area contributed by atoms with Gasteiger partial charge >= 0.3 is 6.18 Å². The van der Waals surface area contributed by atoms with E-state index in [1.54, 1.807) is 24.5 Å². The van der Waals surface area contributed by atoms with Gasteiger partial charge in [-0.05, 0) is 20.8 Å². The van der Waals surface area contributed by atoms with E-state index in [1.807, 2.05) is 17.2 Å². The minimum atomic E-state index is -4.60. The molecule has 1 fully saturated rings. The van der Waals surface area contributed by atoms with E-state index in [1.165, 1.54) is 0 Å². The molecule has 0 bridgehead atoms. The maximum atomic E-state index is 13.2. The van der Waals surface area contributed by atoms with Gasteiger partial charge in [0, 0.05) is 48.9 Å². The molecule has 0 aliphatic carbocycles. The van der Waals surface area contributed by atoms with Crippen molar-refractivity contribution < 1.29 is 13.2 Å². The number of fused-ring (bicyclic) bond motifs is 1. The lowest BCUT2D eigenvalue weighted by molar-refractivity contribution is -0.146. The predicted molar refractivity (Wildman–Crippen MR) is 99.6 cm³/mol. The van der Waals surface area contributed by atoms with Gasteiger partial charge in [0.2, 0.25) is 0 Å². The minimum Gasteiger partial charge on any atom is -0.352 e. The zero-order chi connectivity index (χ0) is 20.1. The van der Waals surface area contributed by atoms with Gasteiger partial charge in [-0.15, -0.1) is 26.6 Å². The Kier molecular flexibility index (Phi) is 4.74. The summed E-state index contributed by atoms with van der Waals surface area (Å²) in [5, 5.41) is 14.3. The summed E-state index contributed by atoms with van der Waals surface area (Å²) in [5.41, 5.74) is 1.63. The van der Waals surface area contributed by atoms with Gasteiger partial charge in [0.05, 0.1) is 6.04 Å². The number of thiazole rings is 1. The largest absolute Gasteiger partial charge is 0.453 e. The standard InChI is InChI=1S/C17H20F3N7S/c1-10-11(2)14(24-27-13(10)22-23-16(27)17(18,19)20)26-7-5-25(6-8-26)12(3)15-21-4-9-28-15/h4,9,12H,5-8H2,1-3H3. The molecular weight excluding hydrogens is 391 g/mol. The number of rotatable bonds is 3. The van der Waals surface area contributed by atoms with E-state index in [-0.39, 0.29) is 11.7 Å². The molecule has 11 heteroatoms. The summed E-state index contributed by atoms with van der Waals surface area (Å²) >= 11 is 1.63. The SMILES string of the molecule is Cc1c(N2CCN(C(C)c3nccs3)CC2)nn2c(C(F)(F)F)nnc2c1C. The lowest BCUT2D eigenvalue weighted by Crippen LogP contribution is -2.47. The summed E-state index contributed by atoms with van der Waals surface area (Å²) in [7, 11) is 0. The third-order valence-electron chi connectivity index (χ3n) is 5.29. The van der Waals surface area contributed by atoms with E-state index in [0.29, 0.717) is 24.5 Å². The van der Waals surface area contributed by atoms with Crippen molar-refractivity contribution in [3.8, 4) is 0 Å². The van der Waals surface area contributed by atoms with Gasteiger partial charge < -0.3 is 4.90 Å². The molecule has 1 aliphatic rings. The molecule has 1 atom stereocenters. The van der Waals surface area contributed by atoms with Gasteiger partial charge in [-0.1, -0.05) is 0 Å².